The summed E-state index contributed by atoms with van der Waals surface area (Å²) in [5.41, 5.74) is 1.94. The molecule has 0 saturated heterocycles. The molecule has 0 spiro atoms. The van der Waals surface area contributed by atoms with E-state index in [9.17, 15) is 14.7 Å². The van der Waals surface area contributed by atoms with E-state index in [0.717, 1.165) is 17.7 Å². The predicted octanol–water partition coefficient (Wildman–Crippen LogP) is 2.52. The molecule has 0 saturated carbocycles. The molecule has 0 aliphatic heterocycles. The van der Waals surface area contributed by atoms with Gasteiger partial charge in [0.2, 0.25) is 0 Å². The number of hydrogen-bond donors (Lipinski definition) is 2. The van der Waals surface area contributed by atoms with E-state index in [-0.39, 0.29) is 18.1 Å². The number of rotatable bonds is 10. The van der Waals surface area contributed by atoms with Gasteiger partial charge in [0.1, 0.15) is 11.8 Å². The van der Waals surface area contributed by atoms with Gasteiger partial charge in [-0.3, -0.25) is 14.9 Å². The van der Waals surface area contributed by atoms with Crippen LogP contribution in [0.3, 0.4) is 0 Å². The molecule has 2 unspecified atom stereocenters. The second-order valence-corrected chi connectivity index (χ2v) is 6.73. The summed E-state index contributed by atoms with van der Waals surface area (Å²) < 4.78 is 1.94. The average Bonchev–Trinajstić information content (AvgIpc) is 3.05. The van der Waals surface area contributed by atoms with Gasteiger partial charge in [-0.2, -0.15) is 0 Å². The van der Waals surface area contributed by atoms with E-state index < -0.39 is 18.1 Å². The van der Waals surface area contributed by atoms with Crippen molar-refractivity contribution >= 4 is 11.8 Å². The lowest BCUT2D eigenvalue weighted by molar-refractivity contribution is -0.140. The number of carbonyl (C=O) groups is 2. The molecule has 2 aromatic rings. The number of carboxylic acid groups (broad SMARTS) is 1. The number of aromatic nitrogens is 2. The van der Waals surface area contributed by atoms with Crippen molar-refractivity contribution in [2.75, 3.05) is 0 Å². The minimum atomic E-state index is -0.966. The topological polar surface area (TPSA) is 84.2 Å². The minimum absolute atomic E-state index is 0.0385. The van der Waals surface area contributed by atoms with Crippen molar-refractivity contribution in [2.24, 2.45) is 5.92 Å². The number of imidazole rings is 1. The zero-order chi connectivity index (χ0) is 19.1. The molecule has 140 valence electrons. The molecule has 2 rings (SSSR count). The fourth-order valence-electron chi connectivity index (χ4n) is 3.00. The molecule has 2 N–H and O–H groups in total. The van der Waals surface area contributed by atoms with Crippen molar-refractivity contribution in [3.05, 3.63) is 54.1 Å². The number of nitrogens with zero attached hydrogens (tertiary/aromatic N) is 2. The Balaban J connectivity index is 2.14. The molecule has 3 atom stereocenters. The van der Waals surface area contributed by atoms with Gasteiger partial charge in [-0.15, -0.1) is 0 Å². The maximum absolute atomic E-state index is 11.9. The Morgan fingerprint density at radius 1 is 1.27 bits per heavy atom. The zero-order valence-corrected chi connectivity index (χ0v) is 15.6. The Bertz CT molecular complexity index is 727. The minimum Gasteiger partial charge on any atom is -0.480 e. The van der Waals surface area contributed by atoms with Gasteiger partial charge in [0.15, 0.2) is 0 Å². The summed E-state index contributed by atoms with van der Waals surface area (Å²) in [6.45, 7) is 6.08. The number of benzene rings is 1. The molecule has 1 aromatic heterocycles. The van der Waals surface area contributed by atoms with Crippen LogP contribution in [0.15, 0.2) is 42.9 Å². The highest BCUT2D eigenvalue weighted by Crippen LogP contribution is 2.13. The first kappa shape index (κ1) is 19.8. The first-order chi connectivity index (χ1) is 12.4. The number of carbonyl (C=O) groups excluding carboxylic acids is 1. The SMILES string of the molecule is CCC(C)C(N[C@@H](Cc1cncn1Cc1ccccc1)C(=O)O)C(C)=O. The van der Waals surface area contributed by atoms with Gasteiger partial charge < -0.3 is 9.67 Å². The summed E-state index contributed by atoms with van der Waals surface area (Å²) in [5, 5.41) is 12.7. The summed E-state index contributed by atoms with van der Waals surface area (Å²) in [4.78, 5) is 27.9. The highest BCUT2D eigenvalue weighted by atomic mass is 16.4. The van der Waals surface area contributed by atoms with Gasteiger partial charge in [0.05, 0.1) is 12.4 Å². The van der Waals surface area contributed by atoms with E-state index in [4.69, 9.17) is 0 Å². The fraction of sp³-hybridized carbons (Fsp3) is 0.450. The van der Waals surface area contributed by atoms with Crippen LogP contribution in [0.25, 0.3) is 0 Å². The van der Waals surface area contributed by atoms with Crippen LogP contribution < -0.4 is 5.32 Å². The lowest BCUT2D eigenvalue weighted by Crippen LogP contribution is -2.50. The number of ketones is 1. The van der Waals surface area contributed by atoms with E-state index in [1.165, 1.54) is 6.92 Å². The van der Waals surface area contributed by atoms with Gasteiger partial charge in [-0.05, 0) is 18.4 Å². The maximum atomic E-state index is 11.9. The van der Waals surface area contributed by atoms with Crippen LogP contribution in [-0.4, -0.2) is 38.5 Å². The summed E-state index contributed by atoms with van der Waals surface area (Å²) in [7, 11) is 0. The van der Waals surface area contributed by atoms with E-state index in [0.29, 0.717) is 6.54 Å². The molecule has 0 aliphatic carbocycles. The number of hydrogen-bond acceptors (Lipinski definition) is 4. The van der Waals surface area contributed by atoms with Crippen molar-refractivity contribution < 1.29 is 14.7 Å². The smallest absolute Gasteiger partial charge is 0.321 e. The molecule has 6 nitrogen and oxygen atoms in total. The van der Waals surface area contributed by atoms with Crippen molar-refractivity contribution in [3.63, 3.8) is 0 Å². The molecule has 1 heterocycles. The standard InChI is InChI=1S/C20H27N3O3/c1-4-14(2)19(15(3)24)22-18(20(25)26)10-17-11-21-13-23(17)12-16-8-6-5-7-9-16/h5-9,11,13-14,18-19,22H,4,10,12H2,1-3H3,(H,25,26)/t14?,18-,19?/m0/s1. The average molecular weight is 357 g/mol. The summed E-state index contributed by atoms with van der Waals surface area (Å²) >= 11 is 0. The second kappa shape index (κ2) is 9.29. The predicted molar refractivity (Wildman–Crippen MR) is 100.0 cm³/mol. The van der Waals surface area contributed by atoms with E-state index in [2.05, 4.69) is 10.3 Å². The largest absolute Gasteiger partial charge is 0.480 e. The Morgan fingerprint density at radius 2 is 1.96 bits per heavy atom. The van der Waals surface area contributed by atoms with Gasteiger partial charge in [0, 0.05) is 24.9 Å². The Labute approximate surface area is 154 Å². The summed E-state index contributed by atoms with van der Waals surface area (Å²) in [5.74, 6) is -0.931. The maximum Gasteiger partial charge on any atom is 0.321 e. The van der Waals surface area contributed by atoms with Gasteiger partial charge in [-0.1, -0.05) is 50.6 Å². The van der Waals surface area contributed by atoms with E-state index in [1.54, 1.807) is 12.5 Å². The lowest BCUT2D eigenvalue weighted by atomic mass is 9.94. The molecule has 0 radical (unpaired) electrons. The third kappa shape index (κ3) is 5.26. The molecular weight excluding hydrogens is 330 g/mol. The Kier molecular flexibility index (Phi) is 7.09. The van der Waals surface area contributed by atoms with Gasteiger partial charge in [0.25, 0.3) is 0 Å². The number of Topliss-reactive ketones (excluding diaryl/α,β-unsaturated/α-hetero) is 1. The van der Waals surface area contributed by atoms with Crippen LogP contribution in [0.5, 0.6) is 0 Å². The quantitative estimate of drug-likeness (QED) is 0.683. The zero-order valence-electron chi connectivity index (χ0n) is 15.6. The number of carboxylic acids is 1. The van der Waals surface area contributed by atoms with Crippen molar-refractivity contribution in [3.8, 4) is 0 Å². The highest BCUT2D eigenvalue weighted by molar-refractivity contribution is 5.83. The molecule has 0 bridgehead atoms. The molecule has 0 fully saturated rings. The summed E-state index contributed by atoms with van der Waals surface area (Å²) in [6.07, 6.45) is 4.46. The normalized spacial score (nSPS) is 14.6. The molecule has 0 amide bonds. The molecular formula is C20H27N3O3. The first-order valence-corrected chi connectivity index (χ1v) is 8.94. The van der Waals surface area contributed by atoms with Crippen LogP contribution in [0.4, 0.5) is 0 Å². The lowest BCUT2D eigenvalue weighted by Gasteiger charge is -2.26. The van der Waals surface area contributed by atoms with Crippen LogP contribution >= 0.6 is 0 Å². The number of nitrogens with one attached hydrogen (secondary N) is 1. The van der Waals surface area contributed by atoms with Crippen LogP contribution in [-0.2, 0) is 22.6 Å². The molecule has 0 aliphatic rings. The Hall–Kier alpha value is -2.47. The van der Waals surface area contributed by atoms with E-state index in [1.807, 2.05) is 48.7 Å². The van der Waals surface area contributed by atoms with Crippen LogP contribution in [0.2, 0.25) is 0 Å². The summed E-state index contributed by atoms with van der Waals surface area (Å²) in [6, 6.07) is 8.63. The fourth-order valence-corrected chi connectivity index (χ4v) is 3.00. The van der Waals surface area contributed by atoms with Crippen molar-refractivity contribution in [1.82, 2.24) is 14.9 Å². The third-order valence-electron chi connectivity index (χ3n) is 4.74. The van der Waals surface area contributed by atoms with Gasteiger partial charge >= 0.3 is 5.97 Å². The van der Waals surface area contributed by atoms with Gasteiger partial charge in [-0.25, -0.2) is 4.98 Å². The van der Waals surface area contributed by atoms with Crippen molar-refractivity contribution in [2.45, 2.75) is 52.2 Å². The first-order valence-electron chi connectivity index (χ1n) is 8.94. The number of aliphatic carboxylic acids is 1. The molecule has 26 heavy (non-hydrogen) atoms. The van der Waals surface area contributed by atoms with Crippen LogP contribution in [0, 0.1) is 5.92 Å². The Morgan fingerprint density at radius 3 is 2.54 bits per heavy atom. The third-order valence-corrected chi connectivity index (χ3v) is 4.74. The van der Waals surface area contributed by atoms with E-state index >= 15 is 0 Å². The monoisotopic (exact) mass is 357 g/mol. The molecule has 6 heteroatoms. The van der Waals surface area contributed by atoms with Crippen LogP contribution in [0.1, 0.15) is 38.4 Å². The second-order valence-electron chi connectivity index (χ2n) is 6.73. The highest BCUT2D eigenvalue weighted by Gasteiger charge is 2.28. The van der Waals surface area contributed by atoms with Crippen molar-refractivity contribution in [1.29, 1.82) is 0 Å². The molecule has 1 aromatic carbocycles.